The second kappa shape index (κ2) is 10.9. The van der Waals surface area contributed by atoms with Gasteiger partial charge in [-0.05, 0) is 60.5 Å². The van der Waals surface area contributed by atoms with E-state index in [4.69, 9.17) is 37.8 Å². The van der Waals surface area contributed by atoms with E-state index >= 15 is 0 Å². The number of aryl methyl sites for hydroxylation is 1. The Hall–Kier alpha value is -3.42. The molecule has 0 aliphatic carbocycles. The molecule has 0 aliphatic rings. The van der Waals surface area contributed by atoms with Crippen molar-refractivity contribution in [1.82, 2.24) is 0 Å². The highest BCUT2D eigenvalue weighted by Gasteiger charge is 2.15. The van der Waals surface area contributed by atoms with Crippen molar-refractivity contribution in [3.05, 3.63) is 81.3 Å². The van der Waals surface area contributed by atoms with Gasteiger partial charge in [0.1, 0.15) is 0 Å². The van der Waals surface area contributed by atoms with Gasteiger partial charge in [-0.3, -0.25) is 4.79 Å². The van der Waals surface area contributed by atoms with Gasteiger partial charge in [0.25, 0.3) is 5.91 Å². The van der Waals surface area contributed by atoms with Crippen LogP contribution >= 0.6 is 23.2 Å². The van der Waals surface area contributed by atoms with Gasteiger partial charge in [-0.1, -0.05) is 35.3 Å². The molecule has 0 spiro atoms. The van der Waals surface area contributed by atoms with E-state index in [0.717, 1.165) is 11.1 Å². The zero-order valence-corrected chi connectivity index (χ0v) is 19.5. The molecule has 0 saturated carbocycles. The fourth-order valence-corrected chi connectivity index (χ4v) is 3.46. The van der Waals surface area contributed by atoms with Crippen LogP contribution in [0.5, 0.6) is 11.5 Å². The standard InChI is InChI=1S/C24H22Cl2N2O5/c1-14-6-7-18(11-19(14)25)28-22(29)13-33-23-20(26)8-15(9-21(23)32-2)12-27-17-5-3-4-16(10-17)24(30)31/h3-11,27H,12-13H2,1-2H3,(H,28,29)(H,30,31). The predicted octanol–water partition coefficient (Wildman–Crippen LogP) is 5.64. The lowest BCUT2D eigenvalue weighted by Gasteiger charge is -2.15. The molecule has 0 bridgehead atoms. The summed E-state index contributed by atoms with van der Waals surface area (Å²) in [6.45, 7) is 1.97. The Balaban J connectivity index is 1.64. The number of methoxy groups -OCH3 is 1. The molecule has 3 aromatic carbocycles. The van der Waals surface area contributed by atoms with Crippen molar-refractivity contribution in [1.29, 1.82) is 0 Å². The van der Waals surface area contributed by atoms with Gasteiger partial charge in [-0.2, -0.15) is 0 Å². The normalized spacial score (nSPS) is 10.4. The van der Waals surface area contributed by atoms with Gasteiger partial charge in [0.15, 0.2) is 18.1 Å². The first-order valence-corrected chi connectivity index (χ1v) is 10.6. The van der Waals surface area contributed by atoms with Crippen molar-refractivity contribution in [2.75, 3.05) is 24.4 Å². The van der Waals surface area contributed by atoms with Gasteiger partial charge in [0.2, 0.25) is 0 Å². The second-order valence-electron chi connectivity index (χ2n) is 7.15. The Labute approximate surface area is 201 Å². The van der Waals surface area contributed by atoms with Crippen LogP contribution in [0, 0.1) is 6.92 Å². The van der Waals surface area contributed by atoms with E-state index in [1.54, 1.807) is 42.5 Å². The first-order valence-electron chi connectivity index (χ1n) is 9.89. The van der Waals surface area contributed by atoms with Gasteiger partial charge in [-0.25, -0.2) is 4.79 Å². The number of amides is 1. The number of anilines is 2. The number of halogens is 2. The summed E-state index contributed by atoms with van der Waals surface area (Å²) in [4.78, 5) is 23.4. The van der Waals surface area contributed by atoms with Crippen LogP contribution < -0.4 is 20.1 Å². The molecule has 0 fully saturated rings. The Morgan fingerprint density at radius 3 is 2.48 bits per heavy atom. The van der Waals surface area contributed by atoms with Crippen LogP contribution in [0.1, 0.15) is 21.5 Å². The maximum Gasteiger partial charge on any atom is 0.335 e. The lowest BCUT2D eigenvalue weighted by atomic mass is 10.1. The van der Waals surface area contributed by atoms with E-state index in [-0.39, 0.29) is 28.8 Å². The lowest BCUT2D eigenvalue weighted by Crippen LogP contribution is -2.20. The molecule has 9 heteroatoms. The van der Waals surface area contributed by atoms with Crippen LogP contribution in [0.15, 0.2) is 54.6 Å². The number of rotatable bonds is 9. The Morgan fingerprint density at radius 2 is 1.79 bits per heavy atom. The van der Waals surface area contributed by atoms with E-state index < -0.39 is 5.97 Å². The molecule has 0 radical (unpaired) electrons. The summed E-state index contributed by atoms with van der Waals surface area (Å²) in [7, 11) is 1.47. The SMILES string of the molecule is COc1cc(CNc2cccc(C(=O)O)c2)cc(Cl)c1OCC(=O)Nc1ccc(C)c(Cl)c1. The van der Waals surface area contributed by atoms with E-state index in [9.17, 15) is 9.59 Å². The Morgan fingerprint density at radius 1 is 1.00 bits per heavy atom. The summed E-state index contributed by atoms with van der Waals surface area (Å²) in [5, 5.41) is 15.8. The van der Waals surface area contributed by atoms with Crippen molar-refractivity contribution < 1.29 is 24.2 Å². The summed E-state index contributed by atoms with van der Waals surface area (Å²) in [5.74, 6) is -0.769. The van der Waals surface area contributed by atoms with Crippen molar-refractivity contribution in [2.24, 2.45) is 0 Å². The van der Waals surface area contributed by atoms with Crippen LogP contribution in [0.2, 0.25) is 10.0 Å². The van der Waals surface area contributed by atoms with E-state index in [1.165, 1.54) is 13.2 Å². The average molecular weight is 489 g/mol. The number of ether oxygens (including phenoxy) is 2. The van der Waals surface area contributed by atoms with Crippen molar-refractivity contribution in [2.45, 2.75) is 13.5 Å². The molecule has 0 atom stereocenters. The van der Waals surface area contributed by atoms with Crippen molar-refractivity contribution >= 4 is 46.5 Å². The van der Waals surface area contributed by atoms with Crippen LogP contribution in [-0.4, -0.2) is 30.7 Å². The molecule has 33 heavy (non-hydrogen) atoms. The number of carboxylic acids is 1. The van der Waals surface area contributed by atoms with E-state index in [1.807, 2.05) is 13.0 Å². The number of carbonyl (C=O) groups excluding carboxylic acids is 1. The fraction of sp³-hybridized carbons (Fsp3) is 0.167. The molecule has 172 valence electrons. The quantitative estimate of drug-likeness (QED) is 0.360. The van der Waals surface area contributed by atoms with Gasteiger partial charge < -0.3 is 25.2 Å². The van der Waals surface area contributed by atoms with Crippen LogP contribution in [-0.2, 0) is 11.3 Å². The number of nitrogens with one attached hydrogen (secondary N) is 2. The maximum atomic E-state index is 12.3. The topological polar surface area (TPSA) is 96.9 Å². The van der Waals surface area contributed by atoms with Gasteiger partial charge >= 0.3 is 5.97 Å². The monoisotopic (exact) mass is 488 g/mol. The minimum atomic E-state index is -1.00. The maximum absolute atomic E-state index is 12.3. The van der Waals surface area contributed by atoms with Crippen LogP contribution in [0.25, 0.3) is 0 Å². The summed E-state index contributed by atoms with van der Waals surface area (Å²) in [5.41, 5.74) is 3.09. The van der Waals surface area contributed by atoms with Crippen molar-refractivity contribution in [3.63, 3.8) is 0 Å². The highest BCUT2D eigenvalue weighted by atomic mass is 35.5. The molecular weight excluding hydrogens is 467 g/mol. The average Bonchev–Trinajstić information content (AvgIpc) is 2.79. The van der Waals surface area contributed by atoms with Crippen molar-refractivity contribution in [3.8, 4) is 11.5 Å². The summed E-state index contributed by atoms with van der Waals surface area (Å²) >= 11 is 12.5. The fourth-order valence-electron chi connectivity index (χ4n) is 2.99. The van der Waals surface area contributed by atoms with Gasteiger partial charge in [0.05, 0.1) is 17.7 Å². The number of carboxylic acid groups (broad SMARTS) is 1. The molecule has 3 aromatic rings. The molecule has 3 rings (SSSR count). The molecule has 0 aliphatic heterocycles. The zero-order chi connectivity index (χ0) is 24.0. The Kier molecular flexibility index (Phi) is 8.03. The third kappa shape index (κ3) is 6.54. The summed E-state index contributed by atoms with van der Waals surface area (Å²) in [6.07, 6.45) is 0. The van der Waals surface area contributed by atoms with Gasteiger partial charge in [0, 0.05) is 22.9 Å². The molecule has 0 aromatic heterocycles. The largest absolute Gasteiger partial charge is 0.493 e. The van der Waals surface area contributed by atoms with Gasteiger partial charge in [-0.15, -0.1) is 0 Å². The van der Waals surface area contributed by atoms with Crippen LogP contribution in [0.3, 0.4) is 0 Å². The molecule has 1 amide bonds. The minimum absolute atomic E-state index is 0.186. The lowest BCUT2D eigenvalue weighted by molar-refractivity contribution is -0.118. The zero-order valence-electron chi connectivity index (χ0n) is 17.9. The summed E-state index contributed by atoms with van der Waals surface area (Å²) in [6, 6.07) is 15.1. The number of hydrogen-bond donors (Lipinski definition) is 3. The third-order valence-corrected chi connectivity index (χ3v) is 5.39. The van der Waals surface area contributed by atoms with E-state index in [2.05, 4.69) is 10.6 Å². The van der Waals surface area contributed by atoms with Crippen LogP contribution in [0.4, 0.5) is 11.4 Å². The van der Waals surface area contributed by atoms with E-state index in [0.29, 0.717) is 28.7 Å². The Bertz CT molecular complexity index is 1180. The first-order chi connectivity index (χ1) is 15.8. The summed E-state index contributed by atoms with van der Waals surface area (Å²) < 4.78 is 11.0. The molecule has 7 nitrogen and oxygen atoms in total. The third-order valence-electron chi connectivity index (χ3n) is 4.70. The number of benzene rings is 3. The minimum Gasteiger partial charge on any atom is -0.493 e. The molecular formula is C24H22Cl2N2O5. The molecule has 0 unspecified atom stereocenters. The number of aromatic carboxylic acids is 1. The molecule has 3 N–H and O–H groups in total. The smallest absolute Gasteiger partial charge is 0.335 e. The number of carbonyl (C=O) groups is 2. The first kappa shape index (κ1) is 24.2. The highest BCUT2D eigenvalue weighted by Crippen LogP contribution is 2.36. The molecule has 0 saturated heterocycles. The second-order valence-corrected chi connectivity index (χ2v) is 7.96. The molecule has 0 heterocycles. The predicted molar refractivity (Wildman–Crippen MR) is 129 cm³/mol. The highest BCUT2D eigenvalue weighted by molar-refractivity contribution is 6.32. The number of hydrogen-bond acceptors (Lipinski definition) is 5.